The lowest BCUT2D eigenvalue weighted by atomic mass is 10.2. The average molecular weight is 458 g/mol. The van der Waals surface area contributed by atoms with Gasteiger partial charge in [-0.2, -0.15) is 0 Å². The van der Waals surface area contributed by atoms with Crippen LogP contribution in [0.15, 0.2) is 71.9 Å². The maximum absolute atomic E-state index is 13.4. The van der Waals surface area contributed by atoms with Crippen LogP contribution in [0.1, 0.15) is 36.2 Å². The topological polar surface area (TPSA) is 36.4 Å². The van der Waals surface area contributed by atoms with E-state index in [0.717, 1.165) is 22.6 Å². The first kappa shape index (κ1) is 23.1. The molecule has 4 nitrogen and oxygen atoms in total. The monoisotopic (exact) mass is 457 g/mol. The summed E-state index contributed by atoms with van der Waals surface area (Å²) in [6.07, 6.45) is 4.24. The van der Waals surface area contributed by atoms with Crippen molar-refractivity contribution in [2.24, 2.45) is 0 Å². The van der Waals surface area contributed by atoms with Crippen molar-refractivity contribution in [1.82, 2.24) is 9.88 Å². The van der Waals surface area contributed by atoms with E-state index in [0.29, 0.717) is 30.2 Å². The molecule has 0 saturated carbocycles. The second-order valence-electron chi connectivity index (χ2n) is 7.02. The van der Waals surface area contributed by atoms with Crippen LogP contribution in [0.25, 0.3) is 0 Å². The van der Waals surface area contributed by atoms with Crippen molar-refractivity contribution in [3.05, 3.63) is 89.0 Å². The van der Waals surface area contributed by atoms with Gasteiger partial charge in [-0.1, -0.05) is 30.7 Å². The van der Waals surface area contributed by atoms with E-state index in [1.54, 1.807) is 24.5 Å². The molecule has 3 aromatic rings. The Hall–Kier alpha value is -2.57. The summed E-state index contributed by atoms with van der Waals surface area (Å²) in [5, 5.41) is 0.673. The molecular weight excluding hydrogens is 433 g/mol. The SMILES string of the molecule is CCCN(CC)C(=O)c1cncc(N(Cc2ccc(Cl)cc2)Sc2ccc(F)cc2)c1. The number of hydrogen-bond donors (Lipinski definition) is 0. The van der Waals surface area contributed by atoms with Gasteiger partial charge < -0.3 is 9.21 Å². The third kappa shape index (κ3) is 6.45. The summed E-state index contributed by atoms with van der Waals surface area (Å²) >= 11 is 7.49. The van der Waals surface area contributed by atoms with Gasteiger partial charge in [-0.25, -0.2) is 4.39 Å². The van der Waals surface area contributed by atoms with Gasteiger partial charge in [0.2, 0.25) is 0 Å². The number of carbonyl (C=O) groups excluding carboxylic acids is 1. The van der Waals surface area contributed by atoms with Gasteiger partial charge in [0.15, 0.2) is 0 Å². The Labute approximate surface area is 192 Å². The van der Waals surface area contributed by atoms with Crippen molar-refractivity contribution < 1.29 is 9.18 Å². The fourth-order valence-corrected chi connectivity index (χ4v) is 4.15. The van der Waals surface area contributed by atoms with Crippen molar-refractivity contribution in [3.8, 4) is 0 Å². The predicted molar refractivity (Wildman–Crippen MR) is 126 cm³/mol. The summed E-state index contributed by atoms with van der Waals surface area (Å²) in [4.78, 5) is 20.0. The third-order valence-electron chi connectivity index (χ3n) is 4.69. The number of rotatable bonds is 9. The molecule has 0 spiro atoms. The molecule has 0 radical (unpaired) electrons. The number of halogens is 2. The van der Waals surface area contributed by atoms with Crippen molar-refractivity contribution in [2.75, 3.05) is 17.4 Å². The van der Waals surface area contributed by atoms with Gasteiger partial charge in [-0.3, -0.25) is 9.78 Å². The van der Waals surface area contributed by atoms with Crippen LogP contribution in [0.3, 0.4) is 0 Å². The summed E-state index contributed by atoms with van der Waals surface area (Å²) in [5.74, 6) is -0.310. The molecule has 31 heavy (non-hydrogen) atoms. The highest BCUT2D eigenvalue weighted by molar-refractivity contribution is 8.00. The Morgan fingerprint density at radius 3 is 2.42 bits per heavy atom. The maximum Gasteiger partial charge on any atom is 0.255 e. The van der Waals surface area contributed by atoms with Crippen LogP contribution in [0.2, 0.25) is 5.02 Å². The molecule has 3 rings (SSSR count). The molecule has 0 N–H and O–H groups in total. The molecule has 0 unspecified atom stereocenters. The lowest BCUT2D eigenvalue weighted by Gasteiger charge is -2.25. The number of pyridine rings is 1. The number of nitrogens with zero attached hydrogens (tertiary/aromatic N) is 3. The maximum atomic E-state index is 13.4. The minimum Gasteiger partial charge on any atom is -0.339 e. The zero-order valence-electron chi connectivity index (χ0n) is 17.6. The van der Waals surface area contributed by atoms with Crippen LogP contribution in [0, 0.1) is 5.82 Å². The summed E-state index contributed by atoms with van der Waals surface area (Å²) in [6, 6.07) is 15.8. The smallest absolute Gasteiger partial charge is 0.255 e. The number of amides is 1. The van der Waals surface area contributed by atoms with Crippen molar-refractivity contribution >= 4 is 35.1 Å². The van der Waals surface area contributed by atoms with Gasteiger partial charge in [0.05, 0.1) is 24.0 Å². The Balaban J connectivity index is 1.91. The fraction of sp³-hybridized carbons (Fsp3) is 0.250. The van der Waals surface area contributed by atoms with Crippen LogP contribution in [-0.4, -0.2) is 28.9 Å². The molecule has 2 aromatic carbocycles. The summed E-state index contributed by atoms with van der Waals surface area (Å²) in [5.41, 5.74) is 2.40. The summed E-state index contributed by atoms with van der Waals surface area (Å²) < 4.78 is 15.4. The molecule has 1 amide bonds. The predicted octanol–water partition coefficient (Wildman–Crippen LogP) is 6.46. The molecule has 0 saturated heterocycles. The van der Waals surface area contributed by atoms with Gasteiger partial charge in [0.1, 0.15) is 5.82 Å². The first-order valence-corrected chi connectivity index (χ1v) is 11.3. The van der Waals surface area contributed by atoms with Gasteiger partial charge in [0.25, 0.3) is 5.91 Å². The first-order valence-electron chi connectivity index (χ1n) is 10.2. The number of anilines is 1. The molecule has 0 bridgehead atoms. The van der Waals surface area contributed by atoms with E-state index in [2.05, 4.69) is 11.9 Å². The van der Waals surface area contributed by atoms with Crippen LogP contribution in [0.4, 0.5) is 10.1 Å². The van der Waals surface area contributed by atoms with Gasteiger partial charge >= 0.3 is 0 Å². The van der Waals surface area contributed by atoms with Crippen molar-refractivity contribution in [1.29, 1.82) is 0 Å². The number of benzene rings is 2. The standard InChI is InChI=1S/C24H25ClFN3OS/c1-3-13-28(4-2)24(30)19-14-22(16-27-15-19)29(17-18-5-7-20(25)8-6-18)31-23-11-9-21(26)10-12-23/h5-12,14-16H,3-4,13,17H2,1-2H3. The zero-order chi connectivity index (χ0) is 22.2. The van der Waals surface area contributed by atoms with E-state index < -0.39 is 0 Å². The summed E-state index contributed by atoms with van der Waals surface area (Å²) in [7, 11) is 0. The first-order chi connectivity index (χ1) is 15.0. The quantitative estimate of drug-likeness (QED) is 0.345. The third-order valence-corrected chi connectivity index (χ3v) is 5.99. The second-order valence-corrected chi connectivity index (χ2v) is 8.56. The number of aromatic nitrogens is 1. The van der Waals surface area contributed by atoms with Crippen LogP contribution < -0.4 is 4.31 Å². The normalized spacial score (nSPS) is 10.7. The van der Waals surface area contributed by atoms with E-state index >= 15 is 0 Å². The molecular formula is C24H25ClFN3OS. The van der Waals surface area contributed by atoms with Crippen molar-refractivity contribution in [3.63, 3.8) is 0 Å². The number of carbonyl (C=O) groups is 1. The van der Waals surface area contributed by atoms with E-state index in [-0.39, 0.29) is 11.7 Å². The van der Waals surface area contributed by atoms with E-state index in [9.17, 15) is 9.18 Å². The molecule has 7 heteroatoms. The minimum absolute atomic E-state index is 0.0306. The van der Waals surface area contributed by atoms with Gasteiger partial charge in [-0.05, 0) is 73.3 Å². The molecule has 162 valence electrons. The van der Waals surface area contributed by atoms with Crippen LogP contribution >= 0.6 is 23.5 Å². The Morgan fingerprint density at radius 2 is 1.77 bits per heavy atom. The zero-order valence-corrected chi connectivity index (χ0v) is 19.2. The highest BCUT2D eigenvalue weighted by Crippen LogP contribution is 2.31. The average Bonchev–Trinajstić information content (AvgIpc) is 2.79. The van der Waals surface area contributed by atoms with Crippen LogP contribution in [0.5, 0.6) is 0 Å². The van der Waals surface area contributed by atoms with E-state index in [1.165, 1.54) is 24.1 Å². The fourth-order valence-electron chi connectivity index (χ4n) is 3.09. The molecule has 1 heterocycles. The lowest BCUT2D eigenvalue weighted by molar-refractivity contribution is 0.0764. The van der Waals surface area contributed by atoms with Gasteiger partial charge in [-0.15, -0.1) is 0 Å². The molecule has 0 aliphatic carbocycles. The number of hydrogen-bond acceptors (Lipinski definition) is 4. The Kier molecular flexibility index (Phi) is 8.32. The Bertz CT molecular complexity index is 951. The van der Waals surface area contributed by atoms with Crippen molar-refractivity contribution in [2.45, 2.75) is 31.7 Å². The molecule has 0 aliphatic heterocycles. The highest BCUT2D eigenvalue weighted by atomic mass is 35.5. The molecule has 0 fully saturated rings. The minimum atomic E-state index is -0.279. The van der Waals surface area contributed by atoms with E-state index in [4.69, 9.17) is 11.6 Å². The summed E-state index contributed by atoms with van der Waals surface area (Å²) in [6.45, 7) is 5.94. The largest absolute Gasteiger partial charge is 0.339 e. The lowest BCUT2D eigenvalue weighted by Crippen LogP contribution is -2.31. The molecule has 0 atom stereocenters. The van der Waals surface area contributed by atoms with Crippen LogP contribution in [-0.2, 0) is 6.54 Å². The Morgan fingerprint density at radius 1 is 1.06 bits per heavy atom. The molecule has 0 aliphatic rings. The second kappa shape index (κ2) is 11.2. The molecule has 1 aromatic heterocycles. The van der Waals surface area contributed by atoms with Gasteiger partial charge in [0, 0.05) is 29.2 Å². The highest BCUT2D eigenvalue weighted by Gasteiger charge is 2.17. The van der Waals surface area contributed by atoms with E-state index in [1.807, 2.05) is 46.5 Å².